The lowest BCUT2D eigenvalue weighted by Gasteiger charge is -2.22. The molecule has 3 rings (SSSR count). The molecule has 2 heterocycles. The van der Waals surface area contributed by atoms with Crippen LogP contribution in [0, 0.1) is 0 Å². The van der Waals surface area contributed by atoms with Crippen molar-refractivity contribution in [3.05, 3.63) is 54.0 Å². The molecule has 0 spiro atoms. The van der Waals surface area contributed by atoms with E-state index in [1.807, 2.05) is 12.1 Å². The van der Waals surface area contributed by atoms with Crippen LogP contribution in [0.2, 0.25) is 0 Å². The summed E-state index contributed by atoms with van der Waals surface area (Å²) in [7, 11) is 0. The quantitative estimate of drug-likeness (QED) is 0.473. The minimum atomic E-state index is -0.813. The Labute approximate surface area is 164 Å². The Hall–Kier alpha value is -3.09. The molecule has 2 amide bonds. The second-order valence-corrected chi connectivity index (χ2v) is 6.85. The van der Waals surface area contributed by atoms with Crippen LogP contribution in [0.5, 0.6) is 0 Å². The number of hydrogen-bond donors (Lipinski definition) is 2. The molecule has 0 bridgehead atoms. The highest BCUT2D eigenvalue weighted by Gasteiger charge is 2.13. The molecule has 7 nitrogen and oxygen atoms in total. The predicted octanol–water partition coefficient (Wildman–Crippen LogP) is 2.82. The molecule has 1 aromatic carbocycles. The third-order valence-electron chi connectivity index (χ3n) is 4.79. The summed E-state index contributed by atoms with van der Waals surface area (Å²) in [4.78, 5) is 26.1. The van der Waals surface area contributed by atoms with Crippen molar-refractivity contribution < 1.29 is 14.0 Å². The van der Waals surface area contributed by atoms with Crippen LogP contribution in [-0.4, -0.2) is 30.6 Å². The summed E-state index contributed by atoms with van der Waals surface area (Å²) in [5.74, 6) is -0.998. The molecule has 1 aliphatic rings. The Morgan fingerprint density at radius 1 is 1.04 bits per heavy atom. The van der Waals surface area contributed by atoms with Gasteiger partial charge in [0.1, 0.15) is 5.76 Å². The molecule has 2 N–H and O–H groups in total. The zero-order valence-electron chi connectivity index (χ0n) is 16.1. The Bertz CT molecular complexity index is 805. The number of benzene rings is 1. The maximum Gasteiger partial charge on any atom is 0.329 e. The Morgan fingerprint density at radius 2 is 1.75 bits per heavy atom. The molecule has 1 aromatic heterocycles. The van der Waals surface area contributed by atoms with Crippen molar-refractivity contribution in [2.24, 2.45) is 5.10 Å². The van der Waals surface area contributed by atoms with E-state index in [1.165, 1.54) is 37.6 Å². The van der Waals surface area contributed by atoms with E-state index < -0.39 is 11.8 Å². The maximum absolute atomic E-state index is 11.9. The van der Waals surface area contributed by atoms with Gasteiger partial charge in [-0.25, -0.2) is 5.43 Å². The third-order valence-corrected chi connectivity index (χ3v) is 4.79. The SMILES string of the molecule is C/C(=N/NC(=O)C(=O)NCc1ccco1)c1ccc(N2CCCCCC2)cc1. The van der Waals surface area contributed by atoms with E-state index in [2.05, 4.69) is 32.9 Å². The van der Waals surface area contributed by atoms with E-state index in [1.54, 1.807) is 19.1 Å². The number of furan rings is 1. The van der Waals surface area contributed by atoms with Crippen LogP contribution in [0.25, 0.3) is 0 Å². The fraction of sp³-hybridized carbons (Fsp3) is 0.381. The topological polar surface area (TPSA) is 86.9 Å². The number of rotatable bonds is 5. The number of carbonyl (C=O) groups is 2. The molecular formula is C21H26N4O3. The number of nitrogens with one attached hydrogen (secondary N) is 2. The largest absolute Gasteiger partial charge is 0.467 e. The number of carbonyl (C=O) groups excluding carboxylic acids is 2. The molecular weight excluding hydrogens is 356 g/mol. The van der Waals surface area contributed by atoms with Crippen LogP contribution in [-0.2, 0) is 16.1 Å². The molecule has 1 saturated heterocycles. The summed E-state index contributed by atoms with van der Waals surface area (Å²) in [6.45, 7) is 4.13. The number of amides is 2. The fourth-order valence-electron chi connectivity index (χ4n) is 3.15. The highest BCUT2D eigenvalue weighted by molar-refractivity contribution is 6.35. The summed E-state index contributed by atoms with van der Waals surface area (Å²) in [6.07, 6.45) is 6.57. The minimum absolute atomic E-state index is 0.153. The van der Waals surface area contributed by atoms with Gasteiger partial charge in [0, 0.05) is 18.8 Å². The second-order valence-electron chi connectivity index (χ2n) is 6.85. The van der Waals surface area contributed by atoms with Gasteiger partial charge in [0.05, 0.1) is 18.5 Å². The lowest BCUT2D eigenvalue weighted by Crippen LogP contribution is -2.37. The van der Waals surface area contributed by atoms with E-state index in [-0.39, 0.29) is 6.54 Å². The van der Waals surface area contributed by atoms with Gasteiger partial charge in [-0.15, -0.1) is 0 Å². The van der Waals surface area contributed by atoms with Gasteiger partial charge in [0.2, 0.25) is 0 Å². The Morgan fingerprint density at radius 3 is 2.39 bits per heavy atom. The van der Waals surface area contributed by atoms with Gasteiger partial charge >= 0.3 is 11.8 Å². The van der Waals surface area contributed by atoms with Crippen molar-refractivity contribution in [2.75, 3.05) is 18.0 Å². The molecule has 7 heteroatoms. The lowest BCUT2D eigenvalue weighted by molar-refractivity contribution is -0.139. The van der Waals surface area contributed by atoms with Crippen LogP contribution in [0.4, 0.5) is 5.69 Å². The molecule has 2 aromatic rings. The van der Waals surface area contributed by atoms with Crippen LogP contribution >= 0.6 is 0 Å². The first-order valence-corrected chi connectivity index (χ1v) is 9.64. The van der Waals surface area contributed by atoms with Crippen LogP contribution in [0.3, 0.4) is 0 Å². The van der Waals surface area contributed by atoms with Crippen molar-refractivity contribution in [3.8, 4) is 0 Å². The average molecular weight is 382 g/mol. The normalized spacial score (nSPS) is 15.0. The van der Waals surface area contributed by atoms with Crippen molar-refractivity contribution in [1.82, 2.24) is 10.7 Å². The molecule has 148 valence electrons. The van der Waals surface area contributed by atoms with Gasteiger partial charge in [-0.3, -0.25) is 9.59 Å². The van der Waals surface area contributed by atoms with E-state index in [0.29, 0.717) is 11.5 Å². The van der Waals surface area contributed by atoms with Gasteiger partial charge in [-0.2, -0.15) is 5.10 Å². The fourth-order valence-corrected chi connectivity index (χ4v) is 3.15. The van der Waals surface area contributed by atoms with Crippen molar-refractivity contribution in [2.45, 2.75) is 39.2 Å². The van der Waals surface area contributed by atoms with Gasteiger partial charge in [0.15, 0.2) is 0 Å². The standard InChI is InChI=1S/C21H26N4O3/c1-16(23-24-21(27)20(26)22-15-19-7-6-14-28-19)17-8-10-18(11-9-17)25-12-4-2-3-5-13-25/h6-11,14H,2-5,12-13,15H2,1H3,(H,22,26)(H,24,27)/b23-16-. The molecule has 0 saturated carbocycles. The first-order valence-electron chi connectivity index (χ1n) is 9.64. The third kappa shape index (κ3) is 5.45. The van der Waals surface area contributed by atoms with E-state index in [0.717, 1.165) is 18.7 Å². The molecule has 28 heavy (non-hydrogen) atoms. The number of hydrazone groups is 1. The summed E-state index contributed by atoms with van der Waals surface area (Å²) in [5, 5.41) is 6.51. The first-order chi connectivity index (χ1) is 13.6. The second kappa shape index (κ2) is 9.73. The van der Waals surface area contributed by atoms with E-state index >= 15 is 0 Å². The smallest absolute Gasteiger partial charge is 0.329 e. The molecule has 1 aliphatic heterocycles. The number of hydrogen-bond acceptors (Lipinski definition) is 5. The molecule has 0 atom stereocenters. The summed E-state index contributed by atoms with van der Waals surface area (Å²) < 4.78 is 5.10. The molecule has 0 unspecified atom stereocenters. The van der Waals surface area contributed by atoms with Crippen molar-refractivity contribution >= 4 is 23.2 Å². The summed E-state index contributed by atoms with van der Waals surface area (Å²) in [5.41, 5.74) is 5.03. The van der Waals surface area contributed by atoms with Gasteiger partial charge in [-0.1, -0.05) is 25.0 Å². The summed E-state index contributed by atoms with van der Waals surface area (Å²) >= 11 is 0. The van der Waals surface area contributed by atoms with Gasteiger partial charge in [-0.05, 0) is 49.6 Å². The molecule has 1 fully saturated rings. The average Bonchev–Trinajstić information content (AvgIpc) is 3.10. The first kappa shape index (κ1) is 19.7. The van der Waals surface area contributed by atoms with Crippen molar-refractivity contribution in [3.63, 3.8) is 0 Å². The molecule has 0 radical (unpaired) electrons. The monoisotopic (exact) mass is 382 g/mol. The zero-order valence-corrected chi connectivity index (χ0v) is 16.1. The highest BCUT2D eigenvalue weighted by Crippen LogP contribution is 2.20. The van der Waals surface area contributed by atoms with Crippen LogP contribution in [0.15, 0.2) is 52.2 Å². The Balaban J connectivity index is 1.52. The Kier molecular flexibility index (Phi) is 6.84. The van der Waals surface area contributed by atoms with Crippen LogP contribution < -0.4 is 15.6 Å². The molecule has 0 aliphatic carbocycles. The number of anilines is 1. The maximum atomic E-state index is 11.9. The van der Waals surface area contributed by atoms with E-state index in [9.17, 15) is 9.59 Å². The van der Waals surface area contributed by atoms with Gasteiger partial charge < -0.3 is 14.6 Å². The highest BCUT2D eigenvalue weighted by atomic mass is 16.3. The van der Waals surface area contributed by atoms with Crippen LogP contribution in [0.1, 0.15) is 43.9 Å². The lowest BCUT2D eigenvalue weighted by atomic mass is 10.1. The predicted molar refractivity (Wildman–Crippen MR) is 108 cm³/mol. The van der Waals surface area contributed by atoms with Gasteiger partial charge in [0.25, 0.3) is 0 Å². The minimum Gasteiger partial charge on any atom is -0.467 e. The zero-order chi connectivity index (χ0) is 19.8. The number of nitrogens with zero attached hydrogens (tertiary/aromatic N) is 2. The van der Waals surface area contributed by atoms with E-state index in [4.69, 9.17) is 4.42 Å². The van der Waals surface area contributed by atoms with Crippen molar-refractivity contribution in [1.29, 1.82) is 0 Å². The summed E-state index contributed by atoms with van der Waals surface area (Å²) in [6, 6.07) is 11.6.